The Morgan fingerprint density at radius 1 is 1.60 bits per heavy atom. The molecule has 0 unspecified atom stereocenters. The molecule has 0 N–H and O–H groups in total. The minimum absolute atomic E-state index is 0.521. The maximum absolute atomic E-state index is 2.44. The van der Waals surface area contributed by atoms with Crippen LogP contribution in [0.15, 0.2) is 0 Å². The van der Waals surface area contributed by atoms with Crippen LogP contribution in [0.1, 0.15) is 0 Å². The van der Waals surface area contributed by atoms with Gasteiger partial charge in [0, 0.05) is 0 Å². The van der Waals surface area contributed by atoms with Crippen molar-refractivity contribution >= 4 is 45.2 Å². The minimum atomic E-state index is 0.521. The normalized spacial score (nSPS) is 10.4. The SMILES string of the molecule is C[I-]C(I)I. The molecule has 0 fully saturated rings. The predicted octanol–water partition coefficient (Wildman–Crippen LogP) is -1.14. The van der Waals surface area contributed by atoms with E-state index in [0.29, 0.717) is 21.2 Å². The van der Waals surface area contributed by atoms with Crippen molar-refractivity contribution in [3.63, 3.8) is 0 Å². The summed E-state index contributed by atoms with van der Waals surface area (Å²) in [5, 5.41) is 0. The van der Waals surface area contributed by atoms with E-state index in [1.807, 2.05) is 0 Å². The third-order valence-corrected chi connectivity index (χ3v) is 7.42. The van der Waals surface area contributed by atoms with Crippen molar-refractivity contribution in [2.75, 3.05) is 4.93 Å². The van der Waals surface area contributed by atoms with E-state index in [-0.39, 0.29) is 0 Å². The number of hydrogen-bond acceptors (Lipinski definition) is 0. The van der Waals surface area contributed by atoms with Crippen LogP contribution in [0.5, 0.6) is 0 Å². The summed E-state index contributed by atoms with van der Waals surface area (Å²) in [5.41, 5.74) is 0. The Balaban J connectivity index is 2.54. The molecule has 0 atom stereocenters. The molecule has 0 aromatic heterocycles. The van der Waals surface area contributed by atoms with Gasteiger partial charge in [0.2, 0.25) is 0 Å². The molecule has 0 amide bonds. The molecule has 0 nitrogen and oxygen atoms in total. The van der Waals surface area contributed by atoms with Gasteiger partial charge in [-0.3, -0.25) is 0 Å². The van der Waals surface area contributed by atoms with E-state index in [9.17, 15) is 0 Å². The van der Waals surface area contributed by atoms with E-state index in [1.54, 1.807) is 0 Å². The Labute approximate surface area is 70.0 Å². The van der Waals surface area contributed by atoms with Crippen LogP contribution in [0.2, 0.25) is 0 Å². The van der Waals surface area contributed by atoms with Crippen LogP contribution in [0.4, 0.5) is 0 Å². The van der Waals surface area contributed by atoms with Gasteiger partial charge >= 0.3 is 71.3 Å². The van der Waals surface area contributed by atoms with Gasteiger partial charge in [-0.05, 0) is 0 Å². The van der Waals surface area contributed by atoms with E-state index in [4.69, 9.17) is 0 Å². The molecular formula is C2H4I3-. The molecule has 0 aromatic rings. The Morgan fingerprint density at radius 2 is 1.80 bits per heavy atom. The van der Waals surface area contributed by atoms with Crippen LogP contribution >= 0.6 is 45.2 Å². The first-order valence-electron chi connectivity index (χ1n) is 1.03. The molecule has 0 aliphatic heterocycles. The van der Waals surface area contributed by atoms with Crippen molar-refractivity contribution < 1.29 is 21.2 Å². The van der Waals surface area contributed by atoms with Gasteiger partial charge in [0.25, 0.3) is 0 Å². The van der Waals surface area contributed by atoms with Gasteiger partial charge in [0.05, 0.1) is 0 Å². The van der Waals surface area contributed by atoms with Crippen LogP contribution in [0, 0.1) is 0 Å². The average Bonchev–Trinajstić information content (AvgIpc) is 1.38. The summed E-state index contributed by atoms with van der Waals surface area (Å²) in [6.07, 6.45) is 0. The van der Waals surface area contributed by atoms with Crippen LogP contribution in [0.3, 0.4) is 0 Å². The van der Waals surface area contributed by atoms with E-state index in [1.165, 1.54) is 0 Å². The van der Waals surface area contributed by atoms with Crippen molar-refractivity contribution in [3.8, 4) is 0 Å². The summed E-state index contributed by atoms with van der Waals surface area (Å²) < 4.78 is 0.934. The Hall–Kier alpha value is 2.19. The first kappa shape index (κ1) is 7.19. The molecule has 0 radical (unpaired) electrons. The summed E-state index contributed by atoms with van der Waals surface area (Å²) in [5.74, 6) is 0. The van der Waals surface area contributed by atoms with E-state index >= 15 is 0 Å². The van der Waals surface area contributed by atoms with Crippen molar-refractivity contribution in [2.45, 2.75) is -0.0619 Å². The Bertz CT molecular complexity index is 18.9. The number of hydrogen-bond donors (Lipinski definition) is 0. The van der Waals surface area contributed by atoms with Gasteiger partial charge in [0.1, 0.15) is 0 Å². The number of alkyl halides is 4. The second-order valence-electron chi connectivity index (χ2n) is 0.466. The zero-order valence-electron chi connectivity index (χ0n) is 2.71. The summed E-state index contributed by atoms with van der Waals surface area (Å²) in [7, 11) is 0. The number of halogens is 3. The molecule has 0 saturated carbocycles. The number of rotatable bonds is 1. The molecule has 0 aromatic carbocycles. The predicted molar refractivity (Wildman–Crippen MR) is 37.8 cm³/mol. The van der Waals surface area contributed by atoms with E-state index < -0.39 is 0 Å². The zero-order chi connectivity index (χ0) is 4.28. The van der Waals surface area contributed by atoms with Crippen LogP contribution < -0.4 is 21.2 Å². The maximum atomic E-state index is 2.44. The Morgan fingerprint density at radius 3 is 1.80 bits per heavy atom. The van der Waals surface area contributed by atoms with Crippen molar-refractivity contribution in [1.82, 2.24) is 0 Å². The van der Waals surface area contributed by atoms with Crippen LogP contribution in [-0.2, 0) is 0 Å². The average molecular weight is 409 g/mol. The van der Waals surface area contributed by atoms with E-state index in [2.05, 4.69) is 50.1 Å². The van der Waals surface area contributed by atoms with Crippen molar-refractivity contribution in [1.29, 1.82) is 0 Å². The molecule has 5 heavy (non-hydrogen) atoms. The van der Waals surface area contributed by atoms with Gasteiger partial charge in [-0.2, -0.15) is 0 Å². The van der Waals surface area contributed by atoms with Gasteiger partial charge < -0.3 is 0 Å². The van der Waals surface area contributed by atoms with Crippen molar-refractivity contribution in [2.24, 2.45) is 0 Å². The topological polar surface area (TPSA) is 0 Å². The zero-order valence-corrected chi connectivity index (χ0v) is 9.18. The molecule has 0 saturated heterocycles. The summed E-state index contributed by atoms with van der Waals surface area (Å²) >= 11 is 5.41. The Kier molecular flexibility index (Phi) is 6.26. The third-order valence-electron chi connectivity index (χ3n) is 0.165. The molecule has 0 heterocycles. The molecule has 3 heteroatoms. The van der Waals surface area contributed by atoms with Crippen molar-refractivity contribution in [3.05, 3.63) is 0 Å². The van der Waals surface area contributed by atoms with Crippen LogP contribution in [0.25, 0.3) is 0 Å². The standard InChI is InChI=1S/C2H4I3/c1-5-2(3)4/h2H,1H3/q-1. The van der Waals surface area contributed by atoms with Gasteiger partial charge in [0.15, 0.2) is 0 Å². The monoisotopic (exact) mass is 409 g/mol. The molecule has 0 rings (SSSR count). The molecule has 0 aliphatic rings. The van der Waals surface area contributed by atoms with Gasteiger partial charge in [-0.15, -0.1) is 0 Å². The summed E-state index contributed by atoms with van der Waals surface area (Å²) in [6, 6.07) is 0. The molecule has 0 bridgehead atoms. The molecule has 34 valence electrons. The fourth-order valence-corrected chi connectivity index (χ4v) is 0. The van der Waals surface area contributed by atoms with Gasteiger partial charge in [-0.25, -0.2) is 0 Å². The van der Waals surface area contributed by atoms with Crippen LogP contribution in [-0.4, -0.2) is 4.87 Å². The first-order chi connectivity index (χ1) is 2.27. The molecular weight excluding hydrogens is 405 g/mol. The quantitative estimate of drug-likeness (QED) is 0.380. The van der Waals surface area contributed by atoms with Gasteiger partial charge in [-0.1, -0.05) is 0 Å². The fourth-order valence-electron chi connectivity index (χ4n) is 0. The van der Waals surface area contributed by atoms with E-state index in [0.717, 1.165) is -0.0619 Å². The second kappa shape index (κ2) is 4.35. The first-order valence-corrected chi connectivity index (χ1v) is 6.93. The fraction of sp³-hybridized carbons (Fsp3) is 1.00. The molecule has 0 aliphatic carbocycles. The third kappa shape index (κ3) is 6.19. The molecule has 0 spiro atoms. The summed E-state index contributed by atoms with van der Waals surface area (Å²) in [4.78, 5) is 2.29. The summed E-state index contributed by atoms with van der Waals surface area (Å²) in [6.45, 7) is 0. The second-order valence-corrected chi connectivity index (χ2v) is 12.6.